The molecule has 1 amide bonds. The Morgan fingerprint density at radius 2 is 1.71 bits per heavy atom. The van der Waals surface area contributed by atoms with Crippen LogP contribution in [0, 0.1) is 17.8 Å². The van der Waals surface area contributed by atoms with Gasteiger partial charge in [-0.3, -0.25) is 4.79 Å². The van der Waals surface area contributed by atoms with Crippen LogP contribution in [0.2, 0.25) is 0 Å². The minimum absolute atomic E-state index is 0.0137. The number of ether oxygens (including phenoxy) is 2. The van der Waals surface area contributed by atoms with Crippen molar-refractivity contribution < 1.29 is 14.3 Å². The normalized spacial score (nSPS) is 34.7. The zero-order valence-corrected chi connectivity index (χ0v) is 14.6. The van der Waals surface area contributed by atoms with E-state index in [0.717, 1.165) is 42.8 Å². The van der Waals surface area contributed by atoms with Crippen LogP contribution in [0.1, 0.15) is 45.4 Å². The van der Waals surface area contributed by atoms with Crippen LogP contribution < -0.4 is 14.8 Å². The van der Waals surface area contributed by atoms with Crippen LogP contribution in [0.15, 0.2) is 24.3 Å². The Balaban J connectivity index is 1.40. The first kappa shape index (κ1) is 15.8. The van der Waals surface area contributed by atoms with Crippen molar-refractivity contribution in [3.8, 4) is 11.5 Å². The number of carbonyl (C=O) groups is 1. The van der Waals surface area contributed by atoms with Crippen molar-refractivity contribution in [3.63, 3.8) is 0 Å². The van der Waals surface area contributed by atoms with Crippen molar-refractivity contribution in [2.45, 2.75) is 57.1 Å². The van der Waals surface area contributed by atoms with Gasteiger partial charge in [-0.1, -0.05) is 6.07 Å². The summed E-state index contributed by atoms with van der Waals surface area (Å²) in [5, 5.41) is 3.38. The van der Waals surface area contributed by atoms with Gasteiger partial charge in [-0.2, -0.15) is 0 Å². The molecule has 5 rings (SSSR count). The zero-order valence-electron chi connectivity index (χ0n) is 14.6. The fourth-order valence-electron chi connectivity index (χ4n) is 5.56. The SMILES string of the molecule is COc1cccc(O[C@@H](C)C(=O)NC23CC4CC(CC(C4)C2)C3)c1. The monoisotopic (exact) mass is 329 g/mol. The molecule has 4 aliphatic rings. The van der Waals surface area contributed by atoms with E-state index in [0.29, 0.717) is 5.75 Å². The molecule has 1 N–H and O–H groups in total. The van der Waals surface area contributed by atoms with E-state index >= 15 is 0 Å². The smallest absolute Gasteiger partial charge is 0.261 e. The summed E-state index contributed by atoms with van der Waals surface area (Å²) in [5.74, 6) is 3.90. The van der Waals surface area contributed by atoms with E-state index in [1.165, 1.54) is 19.3 Å². The molecule has 24 heavy (non-hydrogen) atoms. The number of benzene rings is 1. The molecule has 130 valence electrons. The fourth-order valence-corrected chi connectivity index (χ4v) is 5.56. The standard InChI is InChI=1S/C20H27NO3/c1-13(24-18-5-3-4-17(9-18)23-2)19(22)21-20-10-14-6-15(11-20)8-16(7-14)12-20/h3-5,9,13-16H,6-8,10-12H2,1-2H3,(H,21,22)/t13-,14?,15?,16?,20?/m0/s1. The number of methoxy groups -OCH3 is 1. The van der Waals surface area contributed by atoms with E-state index in [9.17, 15) is 4.79 Å². The molecular formula is C20H27NO3. The van der Waals surface area contributed by atoms with E-state index < -0.39 is 6.10 Å². The highest BCUT2D eigenvalue weighted by Gasteiger charge is 2.51. The van der Waals surface area contributed by atoms with Gasteiger partial charge in [-0.05, 0) is 75.3 Å². The second-order valence-electron chi connectivity index (χ2n) is 8.13. The van der Waals surface area contributed by atoms with E-state index in [1.54, 1.807) is 7.11 Å². The first-order valence-corrected chi connectivity index (χ1v) is 9.18. The molecule has 4 nitrogen and oxygen atoms in total. The Labute approximate surface area is 143 Å². The van der Waals surface area contributed by atoms with Gasteiger partial charge in [0.2, 0.25) is 0 Å². The van der Waals surface area contributed by atoms with Gasteiger partial charge in [-0.25, -0.2) is 0 Å². The van der Waals surface area contributed by atoms with E-state index in [4.69, 9.17) is 9.47 Å². The number of hydrogen-bond donors (Lipinski definition) is 1. The van der Waals surface area contributed by atoms with Crippen LogP contribution >= 0.6 is 0 Å². The first-order valence-electron chi connectivity index (χ1n) is 9.18. The lowest BCUT2D eigenvalue weighted by Crippen LogP contribution is -2.61. The van der Waals surface area contributed by atoms with Gasteiger partial charge in [0.1, 0.15) is 11.5 Å². The molecule has 0 spiro atoms. The molecule has 1 atom stereocenters. The van der Waals surface area contributed by atoms with Gasteiger partial charge in [-0.15, -0.1) is 0 Å². The largest absolute Gasteiger partial charge is 0.497 e. The summed E-state index contributed by atoms with van der Waals surface area (Å²) in [5.41, 5.74) is 0.0395. The maximum absolute atomic E-state index is 12.7. The molecule has 4 aliphatic carbocycles. The maximum atomic E-state index is 12.7. The van der Waals surface area contributed by atoms with Crippen LogP contribution in [0.25, 0.3) is 0 Å². The first-order chi connectivity index (χ1) is 11.5. The number of nitrogens with one attached hydrogen (secondary N) is 1. The van der Waals surface area contributed by atoms with Crippen LogP contribution in [0.3, 0.4) is 0 Å². The predicted octanol–water partition coefficient (Wildman–Crippen LogP) is 3.55. The highest BCUT2D eigenvalue weighted by atomic mass is 16.5. The number of amides is 1. The van der Waals surface area contributed by atoms with Gasteiger partial charge in [0.25, 0.3) is 5.91 Å². The summed E-state index contributed by atoms with van der Waals surface area (Å²) < 4.78 is 11.0. The molecule has 4 fully saturated rings. The number of rotatable bonds is 5. The van der Waals surface area contributed by atoms with Crippen molar-refractivity contribution in [2.24, 2.45) is 17.8 Å². The molecule has 0 saturated heterocycles. The van der Waals surface area contributed by atoms with E-state index in [2.05, 4.69) is 5.32 Å². The van der Waals surface area contributed by atoms with Gasteiger partial charge in [0, 0.05) is 11.6 Å². The van der Waals surface area contributed by atoms with Crippen molar-refractivity contribution >= 4 is 5.91 Å². The molecular weight excluding hydrogens is 302 g/mol. The molecule has 4 saturated carbocycles. The second kappa shape index (κ2) is 5.98. The van der Waals surface area contributed by atoms with E-state index in [1.807, 2.05) is 31.2 Å². The Morgan fingerprint density at radius 1 is 1.12 bits per heavy atom. The summed E-state index contributed by atoms with van der Waals surface area (Å²) in [4.78, 5) is 12.7. The number of carbonyl (C=O) groups excluding carboxylic acids is 1. The third-order valence-electron chi connectivity index (χ3n) is 6.15. The molecule has 0 radical (unpaired) electrons. The minimum atomic E-state index is -0.495. The third kappa shape index (κ3) is 2.99. The summed E-state index contributed by atoms with van der Waals surface area (Å²) >= 11 is 0. The van der Waals surface area contributed by atoms with Crippen LogP contribution in [-0.4, -0.2) is 24.7 Å². The Bertz CT molecular complexity index is 592. The molecule has 0 unspecified atom stereocenters. The number of hydrogen-bond acceptors (Lipinski definition) is 3. The van der Waals surface area contributed by atoms with Crippen LogP contribution in [0.4, 0.5) is 0 Å². The minimum Gasteiger partial charge on any atom is -0.497 e. The summed E-state index contributed by atoms with van der Waals surface area (Å²) in [6.45, 7) is 1.83. The Kier molecular flexibility index (Phi) is 3.93. The van der Waals surface area contributed by atoms with Crippen LogP contribution in [-0.2, 0) is 4.79 Å². The van der Waals surface area contributed by atoms with Crippen LogP contribution in [0.5, 0.6) is 11.5 Å². The van der Waals surface area contributed by atoms with Gasteiger partial charge >= 0.3 is 0 Å². The van der Waals surface area contributed by atoms with Crippen molar-refractivity contribution in [1.29, 1.82) is 0 Å². The molecule has 0 aromatic heterocycles. The molecule has 4 heteroatoms. The zero-order chi connectivity index (χ0) is 16.7. The Morgan fingerprint density at radius 3 is 2.29 bits per heavy atom. The molecule has 1 aromatic carbocycles. The lowest BCUT2D eigenvalue weighted by atomic mass is 9.53. The topological polar surface area (TPSA) is 47.6 Å². The summed E-state index contributed by atoms with van der Waals surface area (Å²) in [6.07, 6.45) is 7.13. The molecule has 4 bridgehead atoms. The molecule has 0 aliphatic heterocycles. The van der Waals surface area contributed by atoms with Gasteiger partial charge in [0.15, 0.2) is 6.10 Å². The van der Waals surface area contributed by atoms with Crippen molar-refractivity contribution in [1.82, 2.24) is 5.32 Å². The maximum Gasteiger partial charge on any atom is 0.261 e. The van der Waals surface area contributed by atoms with Crippen molar-refractivity contribution in [3.05, 3.63) is 24.3 Å². The summed E-state index contributed by atoms with van der Waals surface area (Å²) in [7, 11) is 1.63. The lowest BCUT2D eigenvalue weighted by molar-refractivity contribution is -0.133. The Hall–Kier alpha value is -1.71. The average Bonchev–Trinajstić information content (AvgIpc) is 2.53. The quantitative estimate of drug-likeness (QED) is 0.899. The van der Waals surface area contributed by atoms with Gasteiger partial charge in [0.05, 0.1) is 7.11 Å². The average molecular weight is 329 g/mol. The highest BCUT2D eigenvalue weighted by Crippen LogP contribution is 2.55. The van der Waals surface area contributed by atoms with Gasteiger partial charge < -0.3 is 14.8 Å². The van der Waals surface area contributed by atoms with E-state index in [-0.39, 0.29) is 11.4 Å². The third-order valence-corrected chi connectivity index (χ3v) is 6.15. The summed E-state index contributed by atoms with van der Waals surface area (Å²) in [6, 6.07) is 7.41. The second-order valence-corrected chi connectivity index (χ2v) is 8.13. The lowest BCUT2D eigenvalue weighted by Gasteiger charge is -2.57. The molecule has 0 heterocycles. The van der Waals surface area contributed by atoms with Crippen molar-refractivity contribution in [2.75, 3.05) is 7.11 Å². The molecule has 1 aromatic rings. The fraction of sp³-hybridized carbons (Fsp3) is 0.650. The predicted molar refractivity (Wildman–Crippen MR) is 92.1 cm³/mol. The highest BCUT2D eigenvalue weighted by molar-refractivity contribution is 5.81.